The molecule has 4 nitrogen and oxygen atoms in total. The first kappa shape index (κ1) is 27.4. The number of rotatable bonds is 8. The summed E-state index contributed by atoms with van der Waals surface area (Å²) in [5, 5.41) is 3.12. The number of nitrogens with one attached hydrogen (secondary N) is 1. The van der Waals surface area contributed by atoms with Crippen LogP contribution < -0.4 is 5.32 Å². The maximum absolute atomic E-state index is 12.5. The predicted molar refractivity (Wildman–Crippen MR) is 144 cm³/mol. The van der Waals surface area contributed by atoms with Gasteiger partial charge in [-0.3, -0.25) is 4.90 Å². The Balaban J connectivity index is 0.00000363. The Kier molecular flexibility index (Phi) is 10.3. The summed E-state index contributed by atoms with van der Waals surface area (Å²) in [5.74, 6) is 0. The number of nitrogens with zero attached hydrogens (tertiary/aromatic N) is 1. The zero-order valence-electron chi connectivity index (χ0n) is 20.8. The normalized spacial score (nSPS) is 20.3. The van der Waals surface area contributed by atoms with E-state index in [1.54, 1.807) is 0 Å². The second-order valence-corrected chi connectivity index (χ2v) is 11.1. The lowest BCUT2D eigenvalue weighted by Crippen LogP contribution is -2.61. The van der Waals surface area contributed by atoms with Crippen molar-refractivity contribution in [1.29, 1.82) is 0 Å². The average molecular weight is 557 g/mol. The van der Waals surface area contributed by atoms with Gasteiger partial charge >= 0.3 is 6.09 Å². The molecule has 0 spiro atoms. The standard InChI is InChI=1S/C27H44N2O2.HI/c1-25(2,28-24(30)31-22-23-14-8-5-9-15-23)20-21-29(26(3)16-10-6-11-17-26)27(4)18-12-7-13-19-27;/h5,8-9,14-15H,6-7,10-13,16-22H2,1-4H3,(H,28,30);1H. The van der Waals surface area contributed by atoms with Crippen LogP contribution in [0.3, 0.4) is 0 Å². The van der Waals surface area contributed by atoms with Crippen molar-refractivity contribution >= 4 is 30.1 Å². The van der Waals surface area contributed by atoms with E-state index in [4.69, 9.17) is 4.74 Å². The van der Waals surface area contributed by atoms with Crippen molar-refractivity contribution in [3.05, 3.63) is 35.9 Å². The highest BCUT2D eigenvalue weighted by molar-refractivity contribution is 14.0. The molecule has 0 heterocycles. The van der Waals surface area contributed by atoms with Crippen LogP contribution in [0.4, 0.5) is 4.79 Å². The van der Waals surface area contributed by atoms with Gasteiger partial charge < -0.3 is 10.1 Å². The number of benzene rings is 1. The van der Waals surface area contributed by atoms with Crippen molar-refractivity contribution in [1.82, 2.24) is 10.2 Å². The average Bonchev–Trinajstić information content (AvgIpc) is 2.73. The highest BCUT2D eigenvalue weighted by Crippen LogP contribution is 2.43. The molecule has 0 aliphatic heterocycles. The minimum absolute atomic E-state index is 0. The Labute approximate surface area is 213 Å². The molecular formula is C27H45IN2O2. The molecule has 1 N–H and O–H groups in total. The Morgan fingerprint density at radius 3 is 1.94 bits per heavy atom. The Bertz CT molecular complexity index is 671. The quantitative estimate of drug-likeness (QED) is 0.338. The van der Waals surface area contributed by atoms with Gasteiger partial charge in [0.2, 0.25) is 0 Å². The summed E-state index contributed by atoms with van der Waals surface area (Å²) in [6, 6.07) is 9.86. The van der Waals surface area contributed by atoms with E-state index in [0.29, 0.717) is 6.61 Å². The SMILES string of the molecule is CC(C)(CCN(C1(C)CCCCC1)C1(C)CCCCC1)NC(=O)OCc1ccccc1.I. The molecule has 1 aromatic rings. The summed E-state index contributed by atoms with van der Waals surface area (Å²) >= 11 is 0. The molecule has 2 aliphatic carbocycles. The third-order valence-electron chi connectivity index (χ3n) is 7.78. The number of hydrogen-bond donors (Lipinski definition) is 1. The molecule has 0 aromatic heterocycles. The van der Waals surface area contributed by atoms with Gasteiger partial charge in [0.15, 0.2) is 0 Å². The van der Waals surface area contributed by atoms with Crippen molar-refractivity contribution in [2.45, 2.75) is 122 Å². The highest BCUT2D eigenvalue weighted by Gasteiger charge is 2.44. The van der Waals surface area contributed by atoms with E-state index in [9.17, 15) is 4.79 Å². The van der Waals surface area contributed by atoms with Gasteiger partial charge in [-0.25, -0.2) is 4.79 Å². The number of carbonyl (C=O) groups excluding carboxylic acids is 1. The van der Waals surface area contributed by atoms with Crippen LogP contribution in [0.25, 0.3) is 0 Å². The van der Waals surface area contributed by atoms with Crippen LogP contribution in [-0.2, 0) is 11.3 Å². The molecule has 182 valence electrons. The van der Waals surface area contributed by atoms with Crippen molar-refractivity contribution in [2.75, 3.05) is 6.54 Å². The fourth-order valence-electron chi connectivity index (χ4n) is 5.85. The predicted octanol–water partition coefficient (Wildman–Crippen LogP) is 7.45. The number of ether oxygens (including phenoxy) is 1. The van der Waals surface area contributed by atoms with Gasteiger partial charge in [-0.15, -0.1) is 24.0 Å². The van der Waals surface area contributed by atoms with E-state index in [1.807, 2.05) is 30.3 Å². The smallest absolute Gasteiger partial charge is 0.407 e. The monoisotopic (exact) mass is 556 g/mol. The van der Waals surface area contributed by atoms with Crippen LogP contribution in [0, 0.1) is 0 Å². The minimum atomic E-state index is -0.326. The topological polar surface area (TPSA) is 41.6 Å². The van der Waals surface area contributed by atoms with Gasteiger partial charge in [-0.1, -0.05) is 68.9 Å². The van der Waals surface area contributed by atoms with Crippen molar-refractivity contribution in [3.8, 4) is 0 Å². The third kappa shape index (κ3) is 7.61. The number of alkyl carbamates (subject to hydrolysis) is 1. The molecule has 2 aliphatic rings. The van der Waals surface area contributed by atoms with Gasteiger partial charge in [0.25, 0.3) is 0 Å². The number of halogens is 1. The lowest BCUT2D eigenvalue weighted by atomic mass is 9.74. The highest BCUT2D eigenvalue weighted by atomic mass is 127. The lowest BCUT2D eigenvalue weighted by Gasteiger charge is -2.55. The van der Waals surface area contributed by atoms with Crippen LogP contribution in [0.15, 0.2) is 30.3 Å². The van der Waals surface area contributed by atoms with E-state index < -0.39 is 0 Å². The van der Waals surface area contributed by atoms with Gasteiger partial charge in [0.05, 0.1) is 0 Å². The second-order valence-electron chi connectivity index (χ2n) is 11.1. The van der Waals surface area contributed by atoms with E-state index in [-0.39, 0.29) is 46.7 Å². The molecule has 0 atom stereocenters. The maximum Gasteiger partial charge on any atom is 0.407 e. The van der Waals surface area contributed by atoms with Crippen molar-refractivity contribution < 1.29 is 9.53 Å². The summed E-state index contributed by atoms with van der Waals surface area (Å²) in [6.45, 7) is 10.6. The van der Waals surface area contributed by atoms with Crippen molar-refractivity contribution in [2.24, 2.45) is 0 Å². The molecule has 2 fully saturated rings. The van der Waals surface area contributed by atoms with Gasteiger partial charge in [-0.2, -0.15) is 0 Å². The number of amides is 1. The third-order valence-corrected chi connectivity index (χ3v) is 7.78. The fourth-order valence-corrected chi connectivity index (χ4v) is 5.85. The number of hydrogen-bond acceptors (Lipinski definition) is 3. The molecular weight excluding hydrogens is 511 g/mol. The van der Waals surface area contributed by atoms with E-state index in [2.05, 4.69) is 37.9 Å². The number of carbonyl (C=O) groups is 1. The van der Waals surface area contributed by atoms with E-state index in [1.165, 1.54) is 64.2 Å². The Morgan fingerprint density at radius 1 is 0.938 bits per heavy atom. The first-order chi connectivity index (χ1) is 14.7. The summed E-state index contributed by atoms with van der Waals surface area (Å²) < 4.78 is 5.48. The Morgan fingerprint density at radius 2 is 1.44 bits per heavy atom. The molecule has 2 saturated carbocycles. The maximum atomic E-state index is 12.5. The molecule has 3 rings (SSSR count). The van der Waals surface area contributed by atoms with E-state index >= 15 is 0 Å². The molecule has 32 heavy (non-hydrogen) atoms. The molecule has 0 unspecified atom stereocenters. The van der Waals surface area contributed by atoms with Crippen LogP contribution in [0.1, 0.15) is 104 Å². The van der Waals surface area contributed by atoms with Crippen molar-refractivity contribution in [3.63, 3.8) is 0 Å². The largest absolute Gasteiger partial charge is 0.445 e. The molecule has 0 saturated heterocycles. The summed E-state index contributed by atoms with van der Waals surface area (Å²) in [6.07, 6.45) is 13.9. The molecule has 1 aromatic carbocycles. The Hall–Kier alpha value is -0.820. The zero-order valence-corrected chi connectivity index (χ0v) is 23.1. The second kappa shape index (κ2) is 12.0. The van der Waals surface area contributed by atoms with Crippen LogP contribution in [0.2, 0.25) is 0 Å². The van der Waals surface area contributed by atoms with Gasteiger partial charge in [0.1, 0.15) is 6.61 Å². The van der Waals surface area contributed by atoms with Gasteiger partial charge in [0, 0.05) is 23.2 Å². The fraction of sp³-hybridized carbons (Fsp3) is 0.741. The lowest BCUT2D eigenvalue weighted by molar-refractivity contribution is -0.0477. The molecule has 0 bridgehead atoms. The van der Waals surface area contributed by atoms with Gasteiger partial charge in [-0.05, 0) is 65.4 Å². The molecule has 5 heteroatoms. The zero-order chi connectivity index (χ0) is 22.4. The summed E-state index contributed by atoms with van der Waals surface area (Å²) in [4.78, 5) is 15.3. The minimum Gasteiger partial charge on any atom is -0.445 e. The van der Waals surface area contributed by atoms with Crippen LogP contribution in [-0.4, -0.2) is 34.2 Å². The molecule has 1 amide bonds. The first-order valence-electron chi connectivity index (χ1n) is 12.5. The van der Waals surface area contributed by atoms with E-state index in [0.717, 1.165) is 18.5 Å². The molecule has 0 radical (unpaired) electrons. The van der Waals surface area contributed by atoms with Crippen LogP contribution >= 0.6 is 24.0 Å². The first-order valence-corrected chi connectivity index (χ1v) is 12.5. The summed E-state index contributed by atoms with van der Waals surface area (Å²) in [7, 11) is 0. The summed E-state index contributed by atoms with van der Waals surface area (Å²) in [5.41, 5.74) is 1.28. The van der Waals surface area contributed by atoms with Crippen LogP contribution in [0.5, 0.6) is 0 Å².